The maximum atomic E-state index is 13.0. The Morgan fingerprint density at radius 2 is 1.86 bits per heavy atom. The molecule has 0 saturated carbocycles. The van der Waals surface area contributed by atoms with E-state index in [1.807, 2.05) is 27.7 Å². The van der Waals surface area contributed by atoms with Crippen molar-refractivity contribution in [1.29, 1.82) is 0 Å². The lowest BCUT2D eigenvalue weighted by atomic mass is 10.2. The van der Waals surface area contributed by atoms with E-state index in [-0.39, 0.29) is 17.5 Å². The molecule has 0 spiro atoms. The van der Waals surface area contributed by atoms with Crippen LogP contribution in [0, 0.1) is 4.77 Å². The fraction of sp³-hybridized carbons (Fsp3) is 0.550. The van der Waals surface area contributed by atoms with Gasteiger partial charge in [0.25, 0.3) is 5.56 Å². The largest absolute Gasteiger partial charge is 0.490 e. The Hall–Kier alpha value is -2.35. The van der Waals surface area contributed by atoms with Crippen molar-refractivity contribution >= 4 is 29.0 Å². The molecule has 2 rings (SSSR count). The first-order valence-electron chi connectivity index (χ1n) is 9.77. The second kappa shape index (κ2) is 10.3. The van der Waals surface area contributed by atoms with Gasteiger partial charge in [-0.2, -0.15) is 0 Å². The van der Waals surface area contributed by atoms with Crippen molar-refractivity contribution in [2.75, 3.05) is 13.2 Å². The molecule has 28 heavy (non-hydrogen) atoms. The number of hydrogen-bond donors (Lipinski definition) is 2. The average molecular weight is 408 g/mol. The van der Waals surface area contributed by atoms with Crippen LogP contribution in [0.4, 0.5) is 0 Å². The molecule has 0 fully saturated rings. The monoisotopic (exact) mass is 407 g/mol. The lowest BCUT2D eigenvalue weighted by molar-refractivity contribution is -0.121. The number of rotatable bonds is 10. The summed E-state index contributed by atoms with van der Waals surface area (Å²) in [6.45, 7) is 9.07. The van der Waals surface area contributed by atoms with Gasteiger partial charge in [-0.15, -0.1) is 0 Å². The topological polar surface area (TPSA) is 85.4 Å². The third kappa shape index (κ3) is 5.34. The van der Waals surface area contributed by atoms with Crippen LogP contribution in [-0.4, -0.2) is 34.7 Å². The van der Waals surface area contributed by atoms with Crippen LogP contribution in [0.2, 0.25) is 0 Å². The molecule has 154 valence electrons. The van der Waals surface area contributed by atoms with E-state index in [0.29, 0.717) is 59.8 Å². The molecule has 8 heteroatoms. The second-order valence-electron chi connectivity index (χ2n) is 6.58. The van der Waals surface area contributed by atoms with E-state index in [4.69, 9.17) is 21.7 Å². The molecule has 0 aliphatic carbocycles. The van der Waals surface area contributed by atoms with Gasteiger partial charge in [0.2, 0.25) is 5.91 Å². The Morgan fingerprint density at radius 1 is 1.21 bits per heavy atom. The standard InChI is InChI=1S/C20H29N3O4S/c1-5-13(4)21-18(24)9-8-10-23-19(25)14-11-16(26-6-2)17(27-7-3)12-15(14)22-20(23)28/h11-13H,5-10H2,1-4H3,(H,21,24)(H,22,28). The molecule has 0 bridgehead atoms. The molecule has 7 nitrogen and oxygen atoms in total. The molecule has 2 aromatic rings. The van der Waals surface area contributed by atoms with E-state index in [1.165, 1.54) is 4.57 Å². The normalized spacial score (nSPS) is 12.0. The van der Waals surface area contributed by atoms with Crippen molar-refractivity contribution in [3.63, 3.8) is 0 Å². The van der Waals surface area contributed by atoms with Crippen molar-refractivity contribution in [2.24, 2.45) is 0 Å². The summed E-state index contributed by atoms with van der Waals surface area (Å²) in [5, 5.41) is 3.40. The number of ether oxygens (including phenoxy) is 2. The number of aromatic amines is 1. The van der Waals surface area contributed by atoms with Gasteiger partial charge in [-0.3, -0.25) is 14.2 Å². The first-order chi connectivity index (χ1) is 13.4. The van der Waals surface area contributed by atoms with Crippen molar-refractivity contribution in [1.82, 2.24) is 14.9 Å². The molecule has 1 amide bonds. The molecule has 0 aliphatic heterocycles. The smallest absolute Gasteiger partial charge is 0.262 e. The number of carbonyl (C=O) groups excluding carboxylic acids is 1. The minimum Gasteiger partial charge on any atom is -0.490 e. The minimum atomic E-state index is -0.204. The Kier molecular flexibility index (Phi) is 8.04. The third-order valence-electron chi connectivity index (χ3n) is 4.45. The highest BCUT2D eigenvalue weighted by atomic mass is 32.1. The fourth-order valence-corrected chi connectivity index (χ4v) is 3.13. The van der Waals surface area contributed by atoms with Gasteiger partial charge in [0.1, 0.15) is 0 Å². The van der Waals surface area contributed by atoms with Gasteiger partial charge in [-0.1, -0.05) is 6.92 Å². The zero-order chi connectivity index (χ0) is 20.7. The number of H-pyrrole nitrogens is 1. The minimum absolute atomic E-state index is 0.0157. The first kappa shape index (κ1) is 21.9. The first-order valence-corrected chi connectivity index (χ1v) is 10.2. The predicted octanol–water partition coefficient (Wildman–Crippen LogP) is 3.55. The van der Waals surface area contributed by atoms with E-state index in [9.17, 15) is 9.59 Å². The maximum Gasteiger partial charge on any atom is 0.262 e. The quantitative estimate of drug-likeness (QED) is 0.588. The highest BCUT2D eigenvalue weighted by Crippen LogP contribution is 2.30. The molecule has 0 saturated heterocycles. The highest BCUT2D eigenvalue weighted by molar-refractivity contribution is 7.71. The van der Waals surface area contributed by atoms with Crippen molar-refractivity contribution in [3.8, 4) is 11.5 Å². The molecule has 1 aromatic heterocycles. The molecule has 1 atom stereocenters. The number of carbonyl (C=O) groups is 1. The number of nitrogens with zero attached hydrogens (tertiary/aromatic N) is 1. The van der Waals surface area contributed by atoms with Gasteiger partial charge in [-0.25, -0.2) is 0 Å². The Balaban J connectivity index is 2.27. The molecule has 0 aliphatic rings. The lowest BCUT2D eigenvalue weighted by Gasteiger charge is -2.14. The Labute approximate surface area is 170 Å². The Morgan fingerprint density at radius 3 is 2.46 bits per heavy atom. The van der Waals surface area contributed by atoms with Crippen LogP contribution in [0.3, 0.4) is 0 Å². The number of fused-ring (bicyclic) bond motifs is 1. The van der Waals surface area contributed by atoms with E-state index in [1.54, 1.807) is 12.1 Å². The summed E-state index contributed by atoms with van der Waals surface area (Å²) in [7, 11) is 0. The van der Waals surface area contributed by atoms with E-state index in [0.717, 1.165) is 6.42 Å². The van der Waals surface area contributed by atoms with Gasteiger partial charge in [0.05, 0.1) is 24.1 Å². The average Bonchev–Trinajstić information content (AvgIpc) is 2.65. The van der Waals surface area contributed by atoms with E-state index in [2.05, 4.69) is 10.3 Å². The van der Waals surface area contributed by atoms with Crippen LogP contribution in [0.25, 0.3) is 10.9 Å². The molecule has 1 heterocycles. The fourth-order valence-electron chi connectivity index (χ4n) is 2.85. The zero-order valence-electron chi connectivity index (χ0n) is 17.0. The van der Waals surface area contributed by atoms with Crippen molar-refractivity contribution in [2.45, 2.75) is 59.5 Å². The summed E-state index contributed by atoms with van der Waals surface area (Å²) in [4.78, 5) is 28.0. The van der Waals surface area contributed by atoms with Crippen molar-refractivity contribution < 1.29 is 14.3 Å². The van der Waals surface area contributed by atoms with Crippen molar-refractivity contribution in [3.05, 3.63) is 27.3 Å². The van der Waals surface area contributed by atoms with Crippen LogP contribution in [-0.2, 0) is 11.3 Å². The zero-order valence-corrected chi connectivity index (χ0v) is 17.8. The number of aromatic nitrogens is 2. The molecular formula is C20H29N3O4S. The summed E-state index contributed by atoms with van der Waals surface area (Å²) < 4.78 is 13.0. The van der Waals surface area contributed by atoms with Crippen LogP contribution < -0.4 is 20.3 Å². The van der Waals surface area contributed by atoms with E-state index < -0.39 is 0 Å². The summed E-state index contributed by atoms with van der Waals surface area (Å²) in [6.07, 6.45) is 1.75. The van der Waals surface area contributed by atoms with Crippen LogP contribution >= 0.6 is 12.2 Å². The number of benzene rings is 1. The van der Waals surface area contributed by atoms with Gasteiger partial charge in [-0.05, 0) is 51.9 Å². The highest BCUT2D eigenvalue weighted by Gasteiger charge is 2.13. The summed E-state index contributed by atoms with van der Waals surface area (Å²) in [6, 6.07) is 3.57. The summed E-state index contributed by atoms with van der Waals surface area (Å²) in [5.74, 6) is 1.08. The van der Waals surface area contributed by atoms with Crippen LogP contribution in [0.5, 0.6) is 11.5 Å². The predicted molar refractivity (Wildman–Crippen MR) is 113 cm³/mol. The van der Waals surface area contributed by atoms with Gasteiger partial charge >= 0.3 is 0 Å². The molecule has 1 unspecified atom stereocenters. The SMILES string of the molecule is CCOc1cc2[nH]c(=S)n(CCCC(=O)NC(C)CC)c(=O)c2cc1OCC. The molecule has 1 aromatic carbocycles. The molecule has 0 radical (unpaired) electrons. The van der Waals surface area contributed by atoms with E-state index >= 15 is 0 Å². The third-order valence-corrected chi connectivity index (χ3v) is 4.77. The Bertz CT molecular complexity index is 935. The maximum absolute atomic E-state index is 13.0. The lowest BCUT2D eigenvalue weighted by Crippen LogP contribution is -2.32. The second-order valence-corrected chi connectivity index (χ2v) is 6.96. The molecular weight excluding hydrogens is 378 g/mol. The number of hydrogen-bond acceptors (Lipinski definition) is 5. The number of amides is 1. The summed E-state index contributed by atoms with van der Waals surface area (Å²) >= 11 is 5.36. The van der Waals surface area contributed by atoms with Gasteiger partial charge in [0.15, 0.2) is 16.3 Å². The molecule has 2 N–H and O–H groups in total. The van der Waals surface area contributed by atoms with Gasteiger partial charge < -0.3 is 19.8 Å². The van der Waals surface area contributed by atoms with Crippen LogP contribution in [0.15, 0.2) is 16.9 Å². The summed E-state index contributed by atoms with van der Waals surface area (Å²) in [5.41, 5.74) is 0.401. The number of nitrogens with one attached hydrogen (secondary N) is 2. The van der Waals surface area contributed by atoms with Gasteiger partial charge in [0, 0.05) is 25.1 Å². The van der Waals surface area contributed by atoms with Crippen LogP contribution in [0.1, 0.15) is 47.0 Å².